The van der Waals surface area contributed by atoms with Crippen LogP contribution in [0.15, 0.2) is 108 Å². The third kappa shape index (κ3) is 4.09. The molecule has 1 heterocycles. The van der Waals surface area contributed by atoms with Crippen LogP contribution in [0.3, 0.4) is 0 Å². The second-order valence-electron chi connectivity index (χ2n) is 7.05. The van der Waals surface area contributed by atoms with Gasteiger partial charge in [0.25, 0.3) is 0 Å². The zero-order valence-corrected chi connectivity index (χ0v) is 16.5. The number of aryl methyl sites for hydroxylation is 1. The average molecular weight is 378 g/mol. The summed E-state index contributed by atoms with van der Waals surface area (Å²) in [5.41, 5.74) is 5.79. The first kappa shape index (κ1) is 18.6. The predicted octanol–water partition coefficient (Wildman–Crippen LogP) is 5.78. The van der Waals surface area contributed by atoms with Gasteiger partial charge in [0.05, 0.1) is 11.4 Å². The Hall–Kier alpha value is -3.72. The lowest BCUT2D eigenvalue weighted by Crippen LogP contribution is -2.33. The number of ketones is 1. The van der Waals surface area contributed by atoms with Crippen molar-refractivity contribution in [2.45, 2.75) is 13.8 Å². The topological polar surface area (TPSA) is 32.7 Å². The van der Waals surface area contributed by atoms with Crippen LogP contribution < -0.4 is 4.90 Å². The van der Waals surface area contributed by atoms with Crippen molar-refractivity contribution < 1.29 is 4.79 Å². The summed E-state index contributed by atoms with van der Waals surface area (Å²) in [5, 5.41) is 0. The summed E-state index contributed by atoms with van der Waals surface area (Å²) < 4.78 is 0. The summed E-state index contributed by atoms with van der Waals surface area (Å²) in [6.07, 6.45) is 3.64. The molecule has 3 heteroatoms. The maximum atomic E-state index is 12.1. The van der Waals surface area contributed by atoms with Gasteiger partial charge in [-0.25, -0.2) is 4.99 Å². The molecule has 0 aromatic heterocycles. The standard InChI is InChI=1S/C26H22N2O/c1-19-13-15-23(16-14-19)28-24(17-20(2)29)18-25(21-9-5-3-6-10-21)27-26(28)22-11-7-4-8-12-22/h3-18H,1-2H3/b24-17+. The van der Waals surface area contributed by atoms with Crippen LogP contribution in [-0.2, 0) is 4.79 Å². The number of carbonyl (C=O) groups excluding carboxylic acids is 1. The zero-order chi connectivity index (χ0) is 20.2. The second kappa shape index (κ2) is 8.11. The van der Waals surface area contributed by atoms with E-state index < -0.39 is 0 Å². The lowest BCUT2D eigenvalue weighted by Gasteiger charge is -2.31. The fraction of sp³-hybridized carbons (Fsp3) is 0.0769. The van der Waals surface area contributed by atoms with E-state index in [4.69, 9.17) is 4.99 Å². The molecule has 0 atom stereocenters. The van der Waals surface area contributed by atoms with Crippen molar-refractivity contribution in [2.75, 3.05) is 4.90 Å². The minimum atomic E-state index is -0.00455. The number of benzene rings is 3. The van der Waals surface area contributed by atoms with E-state index in [0.717, 1.165) is 34.0 Å². The highest BCUT2D eigenvalue weighted by molar-refractivity contribution is 6.16. The summed E-state index contributed by atoms with van der Waals surface area (Å²) in [5.74, 6) is 0.790. The Balaban J connectivity index is 1.94. The molecule has 0 unspecified atom stereocenters. The van der Waals surface area contributed by atoms with Crippen LogP contribution >= 0.6 is 0 Å². The number of nitrogens with zero attached hydrogens (tertiary/aromatic N) is 2. The quantitative estimate of drug-likeness (QED) is 0.540. The average Bonchev–Trinajstić information content (AvgIpc) is 2.75. The van der Waals surface area contributed by atoms with Crippen molar-refractivity contribution in [3.05, 3.63) is 119 Å². The van der Waals surface area contributed by atoms with E-state index in [1.807, 2.05) is 71.6 Å². The molecule has 142 valence electrons. The summed E-state index contributed by atoms with van der Waals surface area (Å²) in [6, 6.07) is 28.4. The number of allylic oxidation sites excluding steroid dienone is 2. The Bertz CT molecular complexity index is 1110. The maximum absolute atomic E-state index is 12.1. The largest absolute Gasteiger partial charge is 0.295 e. The minimum Gasteiger partial charge on any atom is -0.295 e. The molecular weight excluding hydrogens is 356 g/mol. The lowest BCUT2D eigenvalue weighted by molar-refractivity contribution is -0.112. The van der Waals surface area contributed by atoms with E-state index in [2.05, 4.69) is 31.2 Å². The number of carbonyl (C=O) groups is 1. The molecule has 3 aromatic rings. The number of hydrogen-bond acceptors (Lipinski definition) is 3. The van der Waals surface area contributed by atoms with Crippen molar-refractivity contribution in [1.82, 2.24) is 0 Å². The van der Waals surface area contributed by atoms with Gasteiger partial charge in [0.2, 0.25) is 0 Å². The fourth-order valence-corrected chi connectivity index (χ4v) is 3.34. The van der Waals surface area contributed by atoms with Crippen LogP contribution in [-0.4, -0.2) is 11.6 Å². The highest BCUT2D eigenvalue weighted by Gasteiger charge is 2.24. The molecule has 0 aliphatic carbocycles. The molecule has 3 aromatic carbocycles. The number of hydrogen-bond donors (Lipinski definition) is 0. The summed E-state index contributed by atoms with van der Waals surface area (Å²) in [6.45, 7) is 3.64. The molecule has 0 spiro atoms. The van der Waals surface area contributed by atoms with Crippen LogP contribution in [0.4, 0.5) is 5.69 Å². The molecule has 1 aliphatic heterocycles. The first-order valence-electron chi connectivity index (χ1n) is 9.62. The van der Waals surface area contributed by atoms with Crippen molar-refractivity contribution >= 4 is 23.0 Å². The fourth-order valence-electron chi connectivity index (χ4n) is 3.34. The van der Waals surface area contributed by atoms with E-state index in [1.54, 1.807) is 13.0 Å². The van der Waals surface area contributed by atoms with Crippen LogP contribution in [0, 0.1) is 6.92 Å². The second-order valence-corrected chi connectivity index (χ2v) is 7.05. The van der Waals surface area contributed by atoms with Crippen molar-refractivity contribution in [2.24, 2.45) is 4.99 Å². The Morgan fingerprint density at radius 1 is 0.828 bits per heavy atom. The molecule has 0 N–H and O–H groups in total. The maximum Gasteiger partial charge on any atom is 0.154 e. The molecule has 3 nitrogen and oxygen atoms in total. The van der Waals surface area contributed by atoms with Gasteiger partial charge in [0.15, 0.2) is 5.78 Å². The smallest absolute Gasteiger partial charge is 0.154 e. The number of rotatable bonds is 4. The minimum absolute atomic E-state index is 0.00455. The predicted molar refractivity (Wildman–Crippen MR) is 120 cm³/mol. The van der Waals surface area contributed by atoms with Gasteiger partial charge in [-0.3, -0.25) is 9.69 Å². The van der Waals surface area contributed by atoms with Gasteiger partial charge in [-0.1, -0.05) is 78.4 Å². The molecular formula is C26H22N2O. The zero-order valence-electron chi connectivity index (χ0n) is 16.5. The molecule has 1 aliphatic rings. The van der Waals surface area contributed by atoms with E-state index in [-0.39, 0.29) is 5.78 Å². The SMILES string of the molecule is CC(=O)/C=C1\C=C(c2ccccc2)N=C(c2ccccc2)N1c1ccc(C)cc1. The first-order chi connectivity index (χ1) is 14.1. The molecule has 0 bridgehead atoms. The lowest BCUT2D eigenvalue weighted by atomic mass is 10.0. The molecule has 0 saturated heterocycles. The highest BCUT2D eigenvalue weighted by Crippen LogP contribution is 2.32. The van der Waals surface area contributed by atoms with Gasteiger partial charge < -0.3 is 0 Å². The summed E-state index contributed by atoms with van der Waals surface area (Å²) in [4.78, 5) is 19.1. The summed E-state index contributed by atoms with van der Waals surface area (Å²) >= 11 is 0. The van der Waals surface area contributed by atoms with Crippen molar-refractivity contribution in [3.63, 3.8) is 0 Å². The van der Waals surface area contributed by atoms with Gasteiger partial charge in [-0.15, -0.1) is 0 Å². The Labute approximate surface area is 171 Å². The van der Waals surface area contributed by atoms with Gasteiger partial charge in [-0.05, 0) is 32.1 Å². The number of aliphatic imine (C=N–C) groups is 1. The summed E-state index contributed by atoms with van der Waals surface area (Å²) in [7, 11) is 0. The van der Waals surface area contributed by atoms with Crippen LogP contribution in [0.5, 0.6) is 0 Å². The van der Waals surface area contributed by atoms with Gasteiger partial charge in [0, 0.05) is 22.9 Å². The normalized spacial score (nSPS) is 15.1. The monoisotopic (exact) mass is 378 g/mol. The van der Waals surface area contributed by atoms with E-state index in [1.165, 1.54) is 5.56 Å². The van der Waals surface area contributed by atoms with Crippen LogP contribution in [0.2, 0.25) is 0 Å². The first-order valence-corrected chi connectivity index (χ1v) is 9.62. The van der Waals surface area contributed by atoms with Crippen molar-refractivity contribution in [3.8, 4) is 0 Å². The van der Waals surface area contributed by atoms with Crippen LogP contribution in [0.1, 0.15) is 23.6 Å². The highest BCUT2D eigenvalue weighted by atomic mass is 16.1. The van der Waals surface area contributed by atoms with Gasteiger partial charge >= 0.3 is 0 Å². The third-order valence-electron chi connectivity index (χ3n) is 4.73. The van der Waals surface area contributed by atoms with Gasteiger partial charge in [0.1, 0.15) is 5.84 Å². The third-order valence-corrected chi connectivity index (χ3v) is 4.73. The van der Waals surface area contributed by atoms with E-state index in [9.17, 15) is 4.79 Å². The molecule has 0 amide bonds. The Morgan fingerprint density at radius 2 is 1.41 bits per heavy atom. The number of amidine groups is 1. The van der Waals surface area contributed by atoms with Gasteiger partial charge in [-0.2, -0.15) is 0 Å². The van der Waals surface area contributed by atoms with E-state index in [0.29, 0.717) is 0 Å². The molecule has 0 radical (unpaired) electrons. The molecule has 29 heavy (non-hydrogen) atoms. The molecule has 4 rings (SSSR count). The van der Waals surface area contributed by atoms with Crippen LogP contribution in [0.25, 0.3) is 5.70 Å². The molecule has 0 saturated carbocycles. The Morgan fingerprint density at radius 3 is 2.00 bits per heavy atom. The van der Waals surface area contributed by atoms with E-state index >= 15 is 0 Å². The molecule has 0 fully saturated rings. The van der Waals surface area contributed by atoms with Crippen molar-refractivity contribution in [1.29, 1.82) is 0 Å². The number of anilines is 1. The Kier molecular flexibility index (Phi) is 5.21.